The SMILES string of the molecule is CN(C(=O)C1(c2ccccc2)CCNCC1)C1CCC(n2c(=O)c3cc(F)cnc3n(C3CCSCC3)c2=O)CC1. The van der Waals surface area contributed by atoms with Gasteiger partial charge >= 0.3 is 5.69 Å². The van der Waals surface area contributed by atoms with E-state index in [1.54, 1.807) is 4.57 Å². The fourth-order valence-electron chi connectivity index (χ4n) is 7.24. The number of piperidine rings is 1. The van der Waals surface area contributed by atoms with Crippen molar-refractivity contribution in [2.45, 2.75) is 74.9 Å². The molecule has 1 amide bonds. The number of fused-ring (bicyclic) bond motifs is 1. The molecule has 0 atom stereocenters. The first-order chi connectivity index (χ1) is 19.9. The van der Waals surface area contributed by atoms with Gasteiger partial charge in [0, 0.05) is 25.2 Å². The van der Waals surface area contributed by atoms with Gasteiger partial charge in [-0.2, -0.15) is 11.8 Å². The lowest BCUT2D eigenvalue weighted by atomic mass is 9.71. The Kier molecular flexibility index (Phi) is 8.05. The molecule has 2 saturated heterocycles. The molecule has 3 fully saturated rings. The number of halogens is 1. The molecule has 0 radical (unpaired) electrons. The van der Waals surface area contributed by atoms with Crippen LogP contribution < -0.4 is 16.6 Å². The van der Waals surface area contributed by atoms with E-state index in [-0.39, 0.29) is 40.8 Å². The molecule has 3 aromatic rings. The molecule has 8 nitrogen and oxygen atoms in total. The topological polar surface area (TPSA) is 89.2 Å². The van der Waals surface area contributed by atoms with Gasteiger partial charge in [-0.3, -0.25) is 18.7 Å². The number of amides is 1. The zero-order chi connectivity index (χ0) is 28.6. The van der Waals surface area contributed by atoms with Gasteiger partial charge in [0.05, 0.1) is 17.0 Å². The van der Waals surface area contributed by atoms with Crippen molar-refractivity contribution >= 4 is 28.7 Å². The number of hydrogen-bond acceptors (Lipinski definition) is 6. The summed E-state index contributed by atoms with van der Waals surface area (Å²) < 4.78 is 17.3. The predicted molar refractivity (Wildman–Crippen MR) is 160 cm³/mol. The van der Waals surface area contributed by atoms with E-state index in [1.807, 2.05) is 41.9 Å². The van der Waals surface area contributed by atoms with E-state index < -0.39 is 16.8 Å². The number of nitrogens with zero attached hydrogens (tertiary/aromatic N) is 4. The highest BCUT2D eigenvalue weighted by Crippen LogP contribution is 2.38. The van der Waals surface area contributed by atoms with Gasteiger partial charge in [0.2, 0.25) is 5.91 Å². The first kappa shape index (κ1) is 28.2. The van der Waals surface area contributed by atoms with Crippen molar-refractivity contribution in [2.75, 3.05) is 31.6 Å². The first-order valence-electron chi connectivity index (χ1n) is 14.8. The van der Waals surface area contributed by atoms with Gasteiger partial charge in [-0.1, -0.05) is 30.3 Å². The largest absolute Gasteiger partial charge is 0.342 e. The van der Waals surface area contributed by atoms with Gasteiger partial charge in [-0.15, -0.1) is 0 Å². The Morgan fingerprint density at radius 3 is 2.34 bits per heavy atom. The number of carbonyl (C=O) groups is 1. The maximum atomic E-state index is 14.2. The summed E-state index contributed by atoms with van der Waals surface area (Å²) in [4.78, 5) is 47.8. The van der Waals surface area contributed by atoms with Gasteiger partial charge in [-0.05, 0) is 87.6 Å². The van der Waals surface area contributed by atoms with Crippen LogP contribution in [0.1, 0.15) is 69.0 Å². The average Bonchev–Trinajstić information content (AvgIpc) is 3.02. The van der Waals surface area contributed by atoms with Crippen molar-refractivity contribution in [3.63, 3.8) is 0 Å². The summed E-state index contributed by atoms with van der Waals surface area (Å²) in [5, 5.41) is 3.56. The number of likely N-dealkylation sites (N-methyl/N-ethyl adjacent to an activating group) is 1. The van der Waals surface area contributed by atoms with Crippen LogP contribution in [0.15, 0.2) is 52.2 Å². The molecule has 218 valence electrons. The molecule has 3 aliphatic rings. The summed E-state index contributed by atoms with van der Waals surface area (Å²) in [6.07, 6.45) is 6.82. The van der Waals surface area contributed by atoms with Crippen molar-refractivity contribution in [3.05, 3.63) is 74.8 Å². The molecule has 1 N–H and O–H groups in total. The highest BCUT2D eigenvalue weighted by molar-refractivity contribution is 7.99. The van der Waals surface area contributed by atoms with Crippen LogP contribution >= 0.6 is 11.8 Å². The Balaban J connectivity index is 1.27. The quantitative estimate of drug-likeness (QED) is 0.491. The minimum atomic E-state index is -0.584. The number of rotatable bonds is 5. The van der Waals surface area contributed by atoms with E-state index in [4.69, 9.17) is 0 Å². The van der Waals surface area contributed by atoms with Gasteiger partial charge in [0.15, 0.2) is 0 Å². The molecule has 6 rings (SSSR count). The predicted octanol–water partition coefficient (Wildman–Crippen LogP) is 4.03. The van der Waals surface area contributed by atoms with E-state index in [9.17, 15) is 18.8 Å². The van der Waals surface area contributed by atoms with E-state index in [1.165, 1.54) is 10.6 Å². The molecular formula is C31H38FN5O3S. The molecule has 0 spiro atoms. The monoisotopic (exact) mass is 579 g/mol. The maximum Gasteiger partial charge on any atom is 0.333 e. The lowest BCUT2D eigenvalue weighted by molar-refractivity contribution is -0.140. The number of benzene rings is 1. The van der Waals surface area contributed by atoms with E-state index in [2.05, 4.69) is 22.4 Å². The lowest BCUT2D eigenvalue weighted by Crippen LogP contribution is -2.54. The molecule has 10 heteroatoms. The zero-order valence-corrected chi connectivity index (χ0v) is 24.4. The van der Waals surface area contributed by atoms with Crippen LogP contribution in [0.25, 0.3) is 11.0 Å². The minimum Gasteiger partial charge on any atom is -0.342 e. The van der Waals surface area contributed by atoms with Gasteiger partial charge in [0.25, 0.3) is 5.56 Å². The van der Waals surface area contributed by atoms with Crippen LogP contribution in [0.2, 0.25) is 0 Å². The second-order valence-corrected chi connectivity index (χ2v) is 13.0. The molecular weight excluding hydrogens is 541 g/mol. The standard InChI is InChI=1S/C31H38FN5O3S/c1-35(29(39)31(13-15-33-16-14-31)21-5-3-2-4-6-21)23-7-9-24(10-8-23)37-28(38)26-19-22(32)20-34-27(26)36(30(37)40)25-11-17-41-18-12-25/h2-6,19-20,23-25,33H,7-18H2,1H3. The van der Waals surface area contributed by atoms with Crippen LogP contribution in [-0.2, 0) is 10.2 Å². The molecule has 2 aliphatic heterocycles. The summed E-state index contributed by atoms with van der Waals surface area (Å²) in [6.45, 7) is 1.60. The number of pyridine rings is 1. The molecule has 0 unspecified atom stereocenters. The highest BCUT2D eigenvalue weighted by Gasteiger charge is 2.44. The molecule has 41 heavy (non-hydrogen) atoms. The van der Waals surface area contributed by atoms with Crippen LogP contribution in [-0.4, -0.2) is 62.6 Å². The second kappa shape index (κ2) is 11.7. The number of nitrogens with one attached hydrogen (secondary N) is 1. The zero-order valence-electron chi connectivity index (χ0n) is 23.6. The highest BCUT2D eigenvalue weighted by atomic mass is 32.2. The average molecular weight is 580 g/mol. The maximum absolute atomic E-state index is 14.2. The molecule has 2 aromatic heterocycles. The van der Waals surface area contributed by atoms with E-state index >= 15 is 0 Å². The number of hydrogen-bond donors (Lipinski definition) is 1. The Hall–Kier alpha value is -2.98. The molecule has 4 heterocycles. The summed E-state index contributed by atoms with van der Waals surface area (Å²) in [7, 11) is 1.91. The summed E-state index contributed by atoms with van der Waals surface area (Å²) in [6, 6.07) is 11.0. The van der Waals surface area contributed by atoms with Crippen molar-refractivity contribution in [1.29, 1.82) is 0 Å². The number of carbonyl (C=O) groups excluding carboxylic acids is 1. The Bertz CT molecular complexity index is 1520. The third kappa shape index (κ3) is 5.14. The fraction of sp³-hybridized carbons (Fsp3) is 0.548. The van der Waals surface area contributed by atoms with Gasteiger partial charge in [0.1, 0.15) is 11.5 Å². The smallest absolute Gasteiger partial charge is 0.333 e. The van der Waals surface area contributed by atoms with Crippen molar-refractivity contribution < 1.29 is 9.18 Å². The third-order valence-corrected chi connectivity index (χ3v) is 10.6. The van der Waals surface area contributed by atoms with Crippen molar-refractivity contribution in [1.82, 2.24) is 24.3 Å². The molecule has 1 aliphatic carbocycles. The van der Waals surface area contributed by atoms with Gasteiger partial charge in [-0.25, -0.2) is 14.2 Å². The number of aromatic nitrogens is 3. The molecule has 1 saturated carbocycles. The van der Waals surface area contributed by atoms with Gasteiger partial charge < -0.3 is 10.2 Å². The van der Waals surface area contributed by atoms with E-state index in [0.29, 0.717) is 25.7 Å². The van der Waals surface area contributed by atoms with Crippen LogP contribution in [0, 0.1) is 5.82 Å². The van der Waals surface area contributed by atoms with E-state index in [0.717, 1.165) is 62.0 Å². The Morgan fingerprint density at radius 1 is 1.00 bits per heavy atom. The van der Waals surface area contributed by atoms with Crippen LogP contribution in [0.4, 0.5) is 4.39 Å². The Morgan fingerprint density at radius 2 is 1.66 bits per heavy atom. The molecule has 1 aromatic carbocycles. The third-order valence-electron chi connectivity index (χ3n) is 9.57. The number of thioether (sulfide) groups is 1. The van der Waals surface area contributed by atoms with Crippen LogP contribution in [0.5, 0.6) is 0 Å². The minimum absolute atomic E-state index is 0.0297. The first-order valence-corrected chi connectivity index (χ1v) is 16.0. The normalized spacial score (nSPS) is 23.4. The molecule has 0 bridgehead atoms. The van der Waals surface area contributed by atoms with Crippen LogP contribution in [0.3, 0.4) is 0 Å². The second-order valence-electron chi connectivity index (χ2n) is 11.8. The summed E-state index contributed by atoms with van der Waals surface area (Å²) in [5.41, 5.74) is -0.0107. The van der Waals surface area contributed by atoms with Crippen molar-refractivity contribution in [3.8, 4) is 0 Å². The fourth-order valence-corrected chi connectivity index (χ4v) is 8.32. The Labute approximate surface area is 243 Å². The summed E-state index contributed by atoms with van der Waals surface area (Å²) >= 11 is 1.86. The summed E-state index contributed by atoms with van der Waals surface area (Å²) in [5.74, 6) is 1.44. The van der Waals surface area contributed by atoms with Crippen molar-refractivity contribution in [2.24, 2.45) is 0 Å². The lowest BCUT2D eigenvalue weighted by Gasteiger charge is -2.43.